The van der Waals surface area contributed by atoms with E-state index in [0.717, 1.165) is 34.2 Å². The average Bonchev–Trinajstić information content (AvgIpc) is 3.48. The molecule has 0 unspecified atom stereocenters. The van der Waals surface area contributed by atoms with E-state index in [4.69, 9.17) is 4.74 Å². The number of carbonyl (C=O) groups is 1. The quantitative estimate of drug-likeness (QED) is 0.224. The van der Waals surface area contributed by atoms with E-state index < -0.39 is 90.9 Å². The van der Waals surface area contributed by atoms with Crippen molar-refractivity contribution < 1.29 is 56.3 Å². The maximum absolute atomic E-state index is 14.1. The number of carbonyl (C=O) groups excluding carboxylic acids is 1. The van der Waals surface area contributed by atoms with Crippen LogP contribution in [0.15, 0.2) is 36.8 Å². The van der Waals surface area contributed by atoms with Crippen molar-refractivity contribution >= 4 is 5.91 Å². The Labute approximate surface area is 251 Å². The van der Waals surface area contributed by atoms with E-state index in [1.165, 1.54) is 0 Å². The zero-order chi connectivity index (χ0) is 32.6. The molecule has 17 heteroatoms. The van der Waals surface area contributed by atoms with Gasteiger partial charge in [-0.25, -0.2) is 17.9 Å². The molecule has 0 spiro atoms. The third-order valence-corrected chi connectivity index (χ3v) is 8.16. The molecular formula is C28H29F6N5O6. The van der Waals surface area contributed by atoms with Gasteiger partial charge in [-0.05, 0) is 31.0 Å². The first-order valence-electron chi connectivity index (χ1n) is 14.0. The number of aromatic nitrogens is 4. The number of rotatable bonds is 7. The predicted octanol–water partition coefficient (Wildman–Crippen LogP) is 2.13. The highest BCUT2D eigenvalue weighted by molar-refractivity contribution is 5.82. The Hall–Kier alpha value is -3.64. The minimum absolute atomic E-state index is 0.203. The molecule has 2 aliphatic rings. The summed E-state index contributed by atoms with van der Waals surface area (Å²) < 4.78 is 89.1. The number of ether oxygens (including phenoxy) is 1. The highest BCUT2D eigenvalue weighted by Gasteiger charge is 2.51. The summed E-state index contributed by atoms with van der Waals surface area (Å²) in [5, 5.41) is 50.6. The Kier molecular flexibility index (Phi) is 9.46. The molecule has 3 heterocycles. The summed E-state index contributed by atoms with van der Waals surface area (Å²) in [7, 11) is 0. The molecule has 1 amide bonds. The van der Waals surface area contributed by atoms with Crippen LogP contribution in [0.3, 0.4) is 0 Å². The molecule has 0 radical (unpaired) electrons. The van der Waals surface area contributed by atoms with Crippen LogP contribution in [0.2, 0.25) is 0 Å². The first kappa shape index (κ1) is 32.7. The SMILES string of the molecule is O=C([C@@H]1O[C@H](CO)[C@H](O)[C@H](n2cc(-c3cc(F)c(F)c(F)c3)nn2)[C@H]1O)N(Cc1cnccc1C(F)(F)F)[C@H]1CCCC[C@@H]1O. The van der Waals surface area contributed by atoms with Gasteiger partial charge in [0.1, 0.15) is 30.0 Å². The highest BCUT2D eigenvalue weighted by Crippen LogP contribution is 2.36. The van der Waals surface area contributed by atoms with Crippen LogP contribution in [-0.2, 0) is 22.3 Å². The first-order valence-corrected chi connectivity index (χ1v) is 14.0. The number of benzene rings is 1. The van der Waals surface area contributed by atoms with Gasteiger partial charge in [0.15, 0.2) is 23.6 Å². The predicted molar refractivity (Wildman–Crippen MR) is 140 cm³/mol. The van der Waals surface area contributed by atoms with Crippen LogP contribution < -0.4 is 0 Å². The van der Waals surface area contributed by atoms with Crippen LogP contribution >= 0.6 is 0 Å². The van der Waals surface area contributed by atoms with Gasteiger partial charge in [-0.1, -0.05) is 18.1 Å². The van der Waals surface area contributed by atoms with E-state index in [0.29, 0.717) is 25.0 Å². The van der Waals surface area contributed by atoms with Crippen molar-refractivity contribution in [2.24, 2.45) is 0 Å². The van der Waals surface area contributed by atoms with Crippen LogP contribution in [-0.4, -0.2) is 94.4 Å². The fraction of sp³-hybridized carbons (Fsp3) is 0.500. The van der Waals surface area contributed by atoms with E-state index in [-0.39, 0.29) is 29.7 Å². The summed E-state index contributed by atoms with van der Waals surface area (Å²) in [6, 6.07) is -0.497. The van der Waals surface area contributed by atoms with Gasteiger partial charge in [-0.15, -0.1) is 5.10 Å². The Bertz CT molecular complexity index is 1500. The van der Waals surface area contributed by atoms with Crippen LogP contribution in [0, 0.1) is 17.5 Å². The fourth-order valence-electron chi connectivity index (χ4n) is 5.87. The monoisotopic (exact) mass is 645 g/mol. The second kappa shape index (κ2) is 13.0. The van der Waals surface area contributed by atoms with Crippen molar-refractivity contribution in [3.05, 3.63) is 65.4 Å². The van der Waals surface area contributed by atoms with E-state index in [9.17, 15) is 51.6 Å². The van der Waals surface area contributed by atoms with Crippen molar-refractivity contribution in [1.29, 1.82) is 0 Å². The number of hydrogen-bond donors (Lipinski definition) is 4. The largest absolute Gasteiger partial charge is 0.416 e. The number of pyridine rings is 1. The van der Waals surface area contributed by atoms with Gasteiger partial charge in [0, 0.05) is 30.1 Å². The lowest BCUT2D eigenvalue weighted by atomic mass is 9.88. The Morgan fingerprint density at radius 2 is 1.76 bits per heavy atom. The van der Waals surface area contributed by atoms with Gasteiger partial charge in [-0.3, -0.25) is 9.78 Å². The minimum atomic E-state index is -4.79. The highest BCUT2D eigenvalue weighted by atomic mass is 19.4. The third kappa shape index (κ3) is 6.53. The van der Waals surface area contributed by atoms with Gasteiger partial charge < -0.3 is 30.1 Å². The van der Waals surface area contributed by atoms with Crippen LogP contribution in [0.4, 0.5) is 26.3 Å². The number of alkyl halides is 3. The van der Waals surface area contributed by atoms with Gasteiger partial charge in [-0.2, -0.15) is 13.2 Å². The molecule has 1 saturated heterocycles. The summed E-state index contributed by atoms with van der Waals surface area (Å²) in [5.41, 5.74) is -1.88. The number of halogens is 6. The minimum Gasteiger partial charge on any atom is -0.394 e. The number of amides is 1. The molecule has 1 aliphatic carbocycles. The molecule has 244 valence electrons. The maximum Gasteiger partial charge on any atom is 0.416 e. The summed E-state index contributed by atoms with van der Waals surface area (Å²) >= 11 is 0. The van der Waals surface area contributed by atoms with Crippen molar-refractivity contribution in [3.8, 4) is 11.3 Å². The van der Waals surface area contributed by atoms with Gasteiger partial charge in [0.25, 0.3) is 5.91 Å². The summed E-state index contributed by atoms with van der Waals surface area (Å²) in [6.07, 6.45) is -8.40. The summed E-state index contributed by atoms with van der Waals surface area (Å²) in [5.74, 6) is -5.77. The normalized spacial score (nSPS) is 27.4. The Morgan fingerprint density at radius 1 is 1.07 bits per heavy atom. The zero-order valence-electron chi connectivity index (χ0n) is 23.4. The molecule has 1 aliphatic heterocycles. The number of aliphatic hydroxyl groups is 4. The molecule has 5 rings (SSSR count). The van der Waals surface area contributed by atoms with E-state index in [1.807, 2.05) is 0 Å². The fourth-order valence-corrected chi connectivity index (χ4v) is 5.87. The standard InChI is InChI=1S/C28H29F6N5O6/c29-16-7-13(8-17(30)22(16)31)18-11-39(37-36-18)23-24(42)21(12-40)45-26(25(23)43)27(44)38(19-3-1-2-4-20(19)41)10-14-9-35-6-5-15(14)28(32,33)34/h5-9,11,19-21,23-26,40-43H,1-4,10,12H2/t19-,20-,21+,23-,24-,25+,26+/m0/s1. The molecule has 0 bridgehead atoms. The first-order chi connectivity index (χ1) is 21.3. The zero-order valence-corrected chi connectivity index (χ0v) is 23.4. The molecule has 1 saturated carbocycles. The van der Waals surface area contributed by atoms with Gasteiger partial charge >= 0.3 is 6.18 Å². The summed E-state index contributed by atoms with van der Waals surface area (Å²) in [4.78, 5) is 18.8. The van der Waals surface area contributed by atoms with Crippen LogP contribution in [0.5, 0.6) is 0 Å². The maximum atomic E-state index is 14.1. The lowest BCUT2D eigenvalue weighted by Gasteiger charge is -2.45. The lowest BCUT2D eigenvalue weighted by molar-refractivity contribution is -0.214. The van der Waals surface area contributed by atoms with Crippen LogP contribution in [0.1, 0.15) is 42.9 Å². The van der Waals surface area contributed by atoms with Crippen LogP contribution in [0.25, 0.3) is 11.3 Å². The molecule has 3 aromatic rings. The molecule has 1 aromatic carbocycles. The van der Waals surface area contributed by atoms with E-state index in [1.54, 1.807) is 0 Å². The number of hydrogen-bond acceptors (Lipinski definition) is 9. The molecule has 45 heavy (non-hydrogen) atoms. The Morgan fingerprint density at radius 3 is 2.40 bits per heavy atom. The van der Waals surface area contributed by atoms with Crippen molar-refractivity contribution in [2.75, 3.05) is 6.61 Å². The second-order valence-electron chi connectivity index (χ2n) is 11.0. The second-order valence-corrected chi connectivity index (χ2v) is 11.0. The third-order valence-electron chi connectivity index (χ3n) is 8.16. The molecule has 4 N–H and O–H groups in total. The summed E-state index contributed by atoms with van der Waals surface area (Å²) in [6.45, 7) is -1.53. The van der Waals surface area contributed by atoms with Crippen molar-refractivity contribution in [2.45, 2.75) is 81.0 Å². The Balaban J connectivity index is 1.50. The molecule has 2 fully saturated rings. The molecule has 11 nitrogen and oxygen atoms in total. The smallest absolute Gasteiger partial charge is 0.394 e. The molecule has 2 aromatic heterocycles. The average molecular weight is 646 g/mol. The van der Waals surface area contributed by atoms with E-state index >= 15 is 0 Å². The molecular weight excluding hydrogens is 616 g/mol. The van der Waals surface area contributed by atoms with Crippen molar-refractivity contribution in [3.63, 3.8) is 0 Å². The van der Waals surface area contributed by atoms with Crippen molar-refractivity contribution in [1.82, 2.24) is 24.9 Å². The van der Waals surface area contributed by atoms with Gasteiger partial charge in [0.05, 0.1) is 30.5 Å². The topological polar surface area (TPSA) is 154 Å². The number of nitrogens with zero attached hydrogens (tertiary/aromatic N) is 5. The van der Waals surface area contributed by atoms with Gasteiger partial charge in [0.2, 0.25) is 0 Å². The van der Waals surface area contributed by atoms with E-state index in [2.05, 4.69) is 15.3 Å². The molecule has 7 atom stereocenters. The lowest BCUT2D eigenvalue weighted by Crippen LogP contribution is -2.62. The number of aliphatic hydroxyl groups excluding tert-OH is 4.